The smallest absolute Gasteiger partial charge is 0.328 e. The Morgan fingerprint density at radius 3 is 1.75 bits per heavy atom. The van der Waals surface area contributed by atoms with E-state index in [0.717, 1.165) is 4.47 Å². The maximum absolute atomic E-state index is 12.1. The van der Waals surface area contributed by atoms with E-state index >= 15 is 0 Å². The maximum atomic E-state index is 12.1. The van der Waals surface area contributed by atoms with E-state index in [2.05, 4.69) is 42.5 Å². The molecule has 0 radical (unpaired) electrons. The Balaban J connectivity index is 1.83. The summed E-state index contributed by atoms with van der Waals surface area (Å²) in [5.41, 5.74) is 0.383. The van der Waals surface area contributed by atoms with Gasteiger partial charge in [0.15, 0.2) is 0 Å². The molecule has 0 saturated carbocycles. The lowest BCUT2D eigenvalue weighted by Gasteiger charge is -2.29. The van der Waals surface area contributed by atoms with E-state index in [0.29, 0.717) is 17.1 Å². The van der Waals surface area contributed by atoms with Crippen molar-refractivity contribution in [2.24, 2.45) is 0 Å². The van der Waals surface area contributed by atoms with Gasteiger partial charge in [0.05, 0.1) is 0 Å². The first kappa shape index (κ1) is 16.7. The molecular weight excluding hydrogens is 444 g/mol. The van der Waals surface area contributed by atoms with Gasteiger partial charge in [-0.1, -0.05) is 44.0 Å². The van der Waals surface area contributed by atoms with Crippen LogP contribution in [0.1, 0.15) is 5.56 Å². The molecule has 0 unspecified atom stereocenters. The molecule has 1 fully saturated rings. The zero-order chi connectivity index (χ0) is 17.3. The van der Waals surface area contributed by atoms with Gasteiger partial charge < -0.3 is 4.74 Å². The second-order valence-corrected chi connectivity index (χ2v) is 7.08. The van der Waals surface area contributed by atoms with Crippen molar-refractivity contribution < 1.29 is 19.1 Å². The number of hydrogen-bond acceptors (Lipinski definition) is 4. The number of carbonyl (C=O) groups excluding carboxylic acids is 3. The Morgan fingerprint density at radius 1 is 0.792 bits per heavy atom. The van der Waals surface area contributed by atoms with Crippen LogP contribution in [-0.4, -0.2) is 17.8 Å². The molecule has 1 saturated heterocycles. The molecule has 2 N–H and O–H groups in total. The Morgan fingerprint density at radius 2 is 1.25 bits per heavy atom. The van der Waals surface area contributed by atoms with Crippen LogP contribution in [0.4, 0.5) is 4.79 Å². The number of amides is 4. The van der Waals surface area contributed by atoms with Crippen LogP contribution in [0.2, 0.25) is 0 Å². The van der Waals surface area contributed by atoms with Crippen LogP contribution < -0.4 is 15.4 Å². The number of alkyl halides is 1. The predicted octanol–water partition coefficient (Wildman–Crippen LogP) is 3.20. The zero-order valence-corrected chi connectivity index (χ0v) is 15.2. The predicted molar refractivity (Wildman–Crippen MR) is 92.9 cm³/mol. The second kappa shape index (κ2) is 6.37. The van der Waals surface area contributed by atoms with Gasteiger partial charge in [0.1, 0.15) is 11.5 Å². The third-order valence-corrected chi connectivity index (χ3v) is 5.09. The zero-order valence-electron chi connectivity index (χ0n) is 12.0. The summed E-state index contributed by atoms with van der Waals surface area (Å²) in [6.07, 6.45) is 0. The lowest BCUT2D eigenvalue weighted by atomic mass is 9.95. The van der Waals surface area contributed by atoms with E-state index in [-0.39, 0.29) is 0 Å². The van der Waals surface area contributed by atoms with Gasteiger partial charge in [-0.2, -0.15) is 0 Å². The highest BCUT2D eigenvalue weighted by Crippen LogP contribution is 2.35. The number of imide groups is 2. The van der Waals surface area contributed by atoms with Crippen molar-refractivity contribution in [3.05, 3.63) is 58.6 Å². The van der Waals surface area contributed by atoms with E-state index in [9.17, 15) is 14.4 Å². The van der Waals surface area contributed by atoms with Crippen LogP contribution in [0.5, 0.6) is 11.5 Å². The highest BCUT2D eigenvalue weighted by molar-refractivity contribution is 9.10. The second-order valence-electron chi connectivity index (χ2n) is 4.98. The third kappa shape index (κ3) is 3.07. The van der Waals surface area contributed by atoms with Gasteiger partial charge in [0.2, 0.25) is 4.32 Å². The van der Waals surface area contributed by atoms with Gasteiger partial charge in [0, 0.05) is 4.47 Å². The fraction of sp³-hybridized carbons (Fsp3) is 0.0625. The van der Waals surface area contributed by atoms with Gasteiger partial charge in [-0.15, -0.1) is 0 Å². The largest absolute Gasteiger partial charge is 0.457 e. The number of ether oxygens (including phenoxy) is 1. The summed E-state index contributed by atoms with van der Waals surface area (Å²) in [7, 11) is 0. The highest BCUT2D eigenvalue weighted by atomic mass is 79.9. The topological polar surface area (TPSA) is 84.5 Å². The first-order valence-electron chi connectivity index (χ1n) is 6.79. The molecule has 1 aliphatic heterocycles. The molecule has 122 valence electrons. The number of nitrogens with one attached hydrogen (secondary N) is 2. The van der Waals surface area contributed by atoms with E-state index in [1.807, 2.05) is 12.1 Å². The summed E-state index contributed by atoms with van der Waals surface area (Å²) in [5, 5.41) is 4.13. The first-order valence-corrected chi connectivity index (χ1v) is 8.38. The minimum atomic E-state index is -1.66. The number of halogens is 2. The van der Waals surface area contributed by atoms with Crippen LogP contribution in [0.25, 0.3) is 0 Å². The molecular formula is C16H10Br2N2O4. The maximum Gasteiger partial charge on any atom is 0.328 e. The quantitative estimate of drug-likeness (QED) is 0.552. The summed E-state index contributed by atoms with van der Waals surface area (Å²) in [4.78, 5) is 35.3. The van der Waals surface area contributed by atoms with E-state index < -0.39 is 22.2 Å². The van der Waals surface area contributed by atoms with Crippen LogP contribution >= 0.6 is 31.9 Å². The molecule has 3 rings (SSSR count). The Hall–Kier alpha value is -2.19. The summed E-state index contributed by atoms with van der Waals surface area (Å²) >= 11 is 6.48. The van der Waals surface area contributed by atoms with Crippen molar-refractivity contribution >= 4 is 49.7 Å². The summed E-state index contributed by atoms with van der Waals surface area (Å²) in [5.74, 6) is -0.279. The van der Waals surface area contributed by atoms with Crippen molar-refractivity contribution in [3.63, 3.8) is 0 Å². The third-order valence-electron chi connectivity index (χ3n) is 3.38. The molecule has 4 amide bonds. The first-order chi connectivity index (χ1) is 11.4. The number of hydrogen-bond donors (Lipinski definition) is 2. The number of urea groups is 1. The SMILES string of the molecule is O=C1NC(=O)C(Br)(c2ccc(Oc3ccc(Br)cc3)cc2)C(=O)N1. The van der Waals surface area contributed by atoms with Crippen molar-refractivity contribution in [2.75, 3.05) is 0 Å². The molecule has 1 aliphatic rings. The summed E-state index contributed by atoms with van der Waals surface area (Å²) in [6, 6.07) is 12.9. The average molecular weight is 454 g/mol. The monoisotopic (exact) mass is 452 g/mol. The molecule has 6 nitrogen and oxygen atoms in total. The van der Waals surface area contributed by atoms with Crippen LogP contribution in [0.15, 0.2) is 53.0 Å². The molecule has 0 aliphatic carbocycles. The lowest BCUT2D eigenvalue weighted by Crippen LogP contribution is -2.62. The van der Waals surface area contributed by atoms with Crippen molar-refractivity contribution in [1.82, 2.24) is 10.6 Å². The Bertz CT molecular complexity index is 799. The number of benzene rings is 2. The van der Waals surface area contributed by atoms with Gasteiger partial charge in [0.25, 0.3) is 11.8 Å². The van der Waals surface area contributed by atoms with Crippen LogP contribution in [-0.2, 0) is 13.9 Å². The molecule has 2 aromatic carbocycles. The molecule has 0 atom stereocenters. The van der Waals surface area contributed by atoms with Crippen molar-refractivity contribution in [2.45, 2.75) is 4.32 Å². The number of carbonyl (C=O) groups is 3. The molecule has 2 aromatic rings. The molecule has 0 aromatic heterocycles. The lowest BCUT2D eigenvalue weighted by molar-refractivity contribution is -0.133. The Labute approximate surface area is 153 Å². The minimum Gasteiger partial charge on any atom is -0.457 e. The van der Waals surface area contributed by atoms with Crippen molar-refractivity contribution in [1.29, 1.82) is 0 Å². The van der Waals surface area contributed by atoms with Gasteiger partial charge in [-0.3, -0.25) is 20.2 Å². The van der Waals surface area contributed by atoms with E-state index in [4.69, 9.17) is 4.74 Å². The van der Waals surface area contributed by atoms with Crippen molar-refractivity contribution in [3.8, 4) is 11.5 Å². The molecule has 0 bridgehead atoms. The summed E-state index contributed by atoms with van der Waals surface area (Å²) in [6.45, 7) is 0. The van der Waals surface area contributed by atoms with Gasteiger partial charge >= 0.3 is 6.03 Å². The fourth-order valence-corrected chi connectivity index (χ4v) is 2.89. The minimum absolute atomic E-state index is 0.383. The normalized spacial score (nSPS) is 16.3. The molecule has 1 heterocycles. The summed E-state index contributed by atoms with van der Waals surface area (Å²) < 4.78 is 4.97. The fourth-order valence-electron chi connectivity index (χ4n) is 2.17. The van der Waals surface area contributed by atoms with Gasteiger partial charge in [-0.25, -0.2) is 4.79 Å². The standard InChI is InChI=1S/C16H10Br2N2O4/c17-10-3-7-12(8-4-10)24-11-5-1-9(2-6-11)16(18)13(21)19-15(23)20-14(16)22/h1-8H,(H2,19,20,21,22,23). The average Bonchev–Trinajstić information content (AvgIpc) is 2.55. The number of barbiturate groups is 1. The van der Waals surface area contributed by atoms with Gasteiger partial charge in [-0.05, 0) is 42.0 Å². The van der Waals surface area contributed by atoms with E-state index in [1.165, 1.54) is 0 Å². The highest BCUT2D eigenvalue weighted by Gasteiger charge is 2.49. The van der Waals surface area contributed by atoms with E-state index in [1.54, 1.807) is 36.4 Å². The van der Waals surface area contributed by atoms with Crippen LogP contribution in [0, 0.1) is 0 Å². The number of rotatable bonds is 3. The molecule has 0 spiro atoms. The Kier molecular flexibility index (Phi) is 4.42. The molecule has 8 heteroatoms. The van der Waals surface area contributed by atoms with Crippen LogP contribution in [0.3, 0.4) is 0 Å². The molecule has 24 heavy (non-hydrogen) atoms.